The van der Waals surface area contributed by atoms with E-state index in [1.807, 2.05) is 0 Å². The summed E-state index contributed by atoms with van der Waals surface area (Å²) in [6.45, 7) is 4.77. The van der Waals surface area contributed by atoms with Crippen LogP contribution in [0.5, 0.6) is 0 Å². The second-order valence-electron chi connectivity index (χ2n) is 3.06. The molecule has 3 nitrogen and oxygen atoms in total. The molecule has 0 spiro atoms. The second-order valence-corrected chi connectivity index (χ2v) is 3.06. The highest BCUT2D eigenvalue weighted by molar-refractivity contribution is 5.85. The number of carbonyl (C=O) groups excluding carboxylic acids is 2. The van der Waals surface area contributed by atoms with E-state index in [2.05, 4.69) is 0 Å². The molecular formula is C9H16O3. The van der Waals surface area contributed by atoms with Crippen LogP contribution in [-0.2, 0) is 14.3 Å². The van der Waals surface area contributed by atoms with Crippen molar-refractivity contribution in [3.05, 3.63) is 0 Å². The van der Waals surface area contributed by atoms with Crippen LogP contribution >= 0.6 is 0 Å². The predicted octanol–water partition coefficient (Wildman–Crippen LogP) is 1.21. The van der Waals surface area contributed by atoms with Crippen LogP contribution in [0.25, 0.3) is 0 Å². The van der Waals surface area contributed by atoms with E-state index in [0.717, 1.165) is 0 Å². The average molecular weight is 172 g/mol. The van der Waals surface area contributed by atoms with Crippen molar-refractivity contribution in [2.75, 3.05) is 7.11 Å². The Bertz CT molecular complexity index is 175. The van der Waals surface area contributed by atoms with Gasteiger partial charge in [-0.15, -0.1) is 0 Å². The number of methoxy groups -OCH3 is 1. The minimum absolute atomic E-state index is 0.0135. The molecule has 0 saturated heterocycles. The van der Waals surface area contributed by atoms with Crippen LogP contribution in [-0.4, -0.2) is 24.8 Å². The molecule has 0 saturated carbocycles. The molecule has 0 N–H and O–H groups in total. The quantitative estimate of drug-likeness (QED) is 0.626. The summed E-state index contributed by atoms with van der Waals surface area (Å²) in [5, 5.41) is 0. The fourth-order valence-corrected chi connectivity index (χ4v) is 1.11. The van der Waals surface area contributed by atoms with Crippen molar-refractivity contribution in [1.82, 2.24) is 0 Å². The Hall–Kier alpha value is -0.700. The van der Waals surface area contributed by atoms with Gasteiger partial charge in [-0.1, -0.05) is 0 Å². The van der Waals surface area contributed by atoms with Gasteiger partial charge in [-0.25, -0.2) is 0 Å². The number of hydrogen-bond donors (Lipinski definition) is 0. The zero-order chi connectivity index (χ0) is 9.72. The summed E-state index contributed by atoms with van der Waals surface area (Å²) in [6, 6.07) is 0. The topological polar surface area (TPSA) is 43.4 Å². The zero-order valence-corrected chi connectivity index (χ0v) is 8.09. The first-order valence-corrected chi connectivity index (χ1v) is 4.01. The molecule has 0 aliphatic rings. The van der Waals surface area contributed by atoms with Gasteiger partial charge in [0.2, 0.25) is 0 Å². The Labute approximate surface area is 73.1 Å². The monoisotopic (exact) mass is 172 g/mol. The van der Waals surface area contributed by atoms with Crippen LogP contribution in [0, 0.1) is 5.92 Å². The van der Waals surface area contributed by atoms with Crippen molar-refractivity contribution in [2.45, 2.75) is 33.3 Å². The van der Waals surface area contributed by atoms with Crippen molar-refractivity contribution in [3.8, 4) is 0 Å². The van der Waals surface area contributed by atoms with E-state index < -0.39 is 0 Å². The van der Waals surface area contributed by atoms with Crippen LogP contribution in [0.2, 0.25) is 0 Å². The van der Waals surface area contributed by atoms with Crippen LogP contribution in [0.15, 0.2) is 0 Å². The molecule has 0 aliphatic heterocycles. The van der Waals surface area contributed by atoms with Gasteiger partial charge in [0.15, 0.2) is 0 Å². The summed E-state index contributed by atoms with van der Waals surface area (Å²) in [4.78, 5) is 21.8. The lowest BCUT2D eigenvalue weighted by molar-refractivity contribution is -0.129. The largest absolute Gasteiger partial charge is 0.381 e. The molecule has 0 radical (unpaired) electrons. The first kappa shape index (κ1) is 11.3. The molecule has 0 aliphatic carbocycles. The Morgan fingerprint density at radius 1 is 1.33 bits per heavy atom. The highest BCUT2D eigenvalue weighted by Gasteiger charge is 2.22. The van der Waals surface area contributed by atoms with Gasteiger partial charge < -0.3 is 9.53 Å². The van der Waals surface area contributed by atoms with Gasteiger partial charge in [0.1, 0.15) is 11.6 Å². The molecule has 0 aromatic heterocycles. The molecule has 0 bridgehead atoms. The molecule has 2 atom stereocenters. The van der Waals surface area contributed by atoms with E-state index in [1.54, 1.807) is 14.0 Å². The van der Waals surface area contributed by atoms with Crippen LogP contribution < -0.4 is 0 Å². The standard InChI is InChI=1S/C9H16O3/c1-6(10)5-9(7(2)11)8(3)12-4/h8-9H,5H2,1-4H3/t8-,9-/m1/s1. The second kappa shape index (κ2) is 5.04. The molecule has 3 heteroatoms. The van der Waals surface area contributed by atoms with E-state index in [1.165, 1.54) is 13.8 Å². The third kappa shape index (κ3) is 3.62. The Morgan fingerprint density at radius 2 is 1.83 bits per heavy atom. The molecule has 0 unspecified atom stereocenters. The number of carbonyl (C=O) groups is 2. The summed E-state index contributed by atoms with van der Waals surface area (Å²) in [6.07, 6.45) is 0.107. The molecule has 12 heavy (non-hydrogen) atoms. The van der Waals surface area contributed by atoms with Gasteiger partial charge in [0.05, 0.1) is 12.0 Å². The Kier molecular flexibility index (Phi) is 4.74. The van der Waals surface area contributed by atoms with Gasteiger partial charge in [-0.05, 0) is 20.8 Å². The number of ether oxygens (including phenoxy) is 1. The molecule has 0 aromatic rings. The van der Waals surface area contributed by atoms with Gasteiger partial charge in [0.25, 0.3) is 0 Å². The van der Waals surface area contributed by atoms with E-state index in [4.69, 9.17) is 4.74 Å². The minimum atomic E-state index is -0.285. The number of ketones is 2. The van der Waals surface area contributed by atoms with E-state index in [0.29, 0.717) is 0 Å². The molecular weight excluding hydrogens is 156 g/mol. The molecule has 0 heterocycles. The lowest BCUT2D eigenvalue weighted by Crippen LogP contribution is -2.27. The van der Waals surface area contributed by atoms with Gasteiger partial charge >= 0.3 is 0 Å². The lowest BCUT2D eigenvalue weighted by Gasteiger charge is -2.18. The molecule has 0 fully saturated rings. The maximum Gasteiger partial charge on any atom is 0.135 e. The summed E-state index contributed by atoms with van der Waals surface area (Å²) < 4.78 is 5.00. The molecule has 0 amide bonds. The molecule has 0 rings (SSSR count). The van der Waals surface area contributed by atoms with Crippen LogP contribution in [0.4, 0.5) is 0 Å². The molecule has 0 aromatic carbocycles. The third-order valence-corrected chi connectivity index (χ3v) is 1.97. The lowest BCUT2D eigenvalue weighted by atomic mass is 9.94. The number of Topliss-reactive ketones (excluding diaryl/α,β-unsaturated/α-hetero) is 2. The summed E-state index contributed by atoms with van der Waals surface area (Å²) in [5.41, 5.74) is 0. The van der Waals surface area contributed by atoms with Gasteiger partial charge in [0, 0.05) is 13.5 Å². The summed E-state index contributed by atoms with van der Waals surface area (Å²) in [5.74, 6) is -0.244. The smallest absolute Gasteiger partial charge is 0.135 e. The fraction of sp³-hybridized carbons (Fsp3) is 0.778. The number of rotatable bonds is 5. The highest BCUT2D eigenvalue weighted by Crippen LogP contribution is 2.13. The van der Waals surface area contributed by atoms with Crippen LogP contribution in [0.1, 0.15) is 27.2 Å². The van der Waals surface area contributed by atoms with Crippen molar-refractivity contribution in [2.24, 2.45) is 5.92 Å². The maximum atomic E-state index is 11.0. The zero-order valence-electron chi connectivity index (χ0n) is 8.09. The van der Waals surface area contributed by atoms with Crippen molar-refractivity contribution < 1.29 is 14.3 Å². The van der Waals surface area contributed by atoms with Gasteiger partial charge in [-0.2, -0.15) is 0 Å². The summed E-state index contributed by atoms with van der Waals surface area (Å²) in [7, 11) is 1.54. The van der Waals surface area contributed by atoms with Crippen molar-refractivity contribution >= 4 is 11.6 Å². The third-order valence-electron chi connectivity index (χ3n) is 1.97. The summed E-state index contributed by atoms with van der Waals surface area (Å²) >= 11 is 0. The van der Waals surface area contributed by atoms with E-state index >= 15 is 0 Å². The number of hydrogen-bond acceptors (Lipinski definition) is 3. The normalized spacial score (nSPS) is 15.3. The molecule has 70 valence electrons. The first-order valence-electron chi connectivity index (χ1n) is 4.01. The SMILES string of the molecule is CO[C@H](C)[C@H](CC(C)=O)C(C)=O. The maximum absolute atomic E-state index is 11.0. The first-order chi connectivity index (χ1) is 5.49. The highest BCUT2D eigenvalue weighted by atomic mass is 16.5. The van der Waals surface area contributed by atoms with Crippen molar-refractivity contribution in [1.29, 1.82) is 0 Å². The predicted molar refractivity (Wildman–Crippen MR) is 45.9 cm³/mol. The minimum Gasteiger partial charge on any atom is -0.381 e. The van der Waals surface area contributed by atoms with Crippen LogP contribution in [0.3, 0.4) is 0 Å². The van der Waals surface area contributed by atoms with Crippen molar-refractivity contribution in [3.63, 3.8) is 0 Å². The Morgan fingerprint density at radius 3 is 2.08 bits per heavy atom. The Balaban J connectivity index is 4.22. The fourth-order valence-electron chi connectivity index (χ4n) is 1.11. The van der Waals surface area contributed by atoms with E-state index in [9.17, 15) is 9.59 Å². The average Bonchev–Trinajstić information content (AvgIpc) is 1.98. The van der Waals surface area contributed by atoms with Gasteiger partial charge in [-0.3, -0.25) is 4.79 Å². The van der Waals surface area contributed by atoms with E-state index in [-0.39, 0.29) is 30.0 Å².